The van der Waals surface area contributed by atoms with E-state index in [1.165, 1.54) is 13.2 Å². The second-order valence-electron chi connectivity index (χ2n) is 5.67. The number of amides is 2. The molecule has 1 aromatic carbocycles. The zero-order valence-corrected chi connectivity index (χ0v) is 15.6. The van der Waals surface area contributed by atoms with Gasteiger partial charge in [0.15, 0.2) is 0 Å². The third-order valence-corrected chi connectivity index (χ3v) is 4.04. The number of benzene rings is 1. The number of aromatic amines is 1. The van der Waals surface area contributed by atoms with E-state index in [1.807, 2.05) is 6.07 Å². The molecule has 2 aromatic rings. The molecule has 2 amide bonds. The second kappa shape index (κ2) is 8.53. The van der Waals surface area contributed by atoms with E-state index in [1.54, 1.807) is 26.0 Å². The standard InChI is InChI=1S/C18H21ClN4O3/c1-4-17(24)21-9-12-6-11-7-13(19)16(8-15(11)22-12)23-18(25)14(20)5-10(2)26-3/h5-8,20,22H,4,9H2,1-3H3,(H,21,24)(H,23,25)/b10-5-,20-14?. The molecule has 0 aliphatic rings. The number of fused-ring (bicyclic) bond motifs is 1. The number of carbonyl (C=O) groups is 2. The van der Waals surface area contributed by atoms with Crippen LogP contribution in [0.1, 0.15) is 26.0 Å². The number of carbonyl (C=O) groups excluding carboxylic acids is 2. The van der Waals surface area contributed by atoms with Crippen molar-refractivity contribution in [3.8, 4) is 0 Å². The van der Waals surface area contributed by atoms with Crippen LogP contribution in [0, 0.1) is 5.41 Å². The number of anilines is 1. The third kappa shape index (κ3) is 4.86. The van der Waals surface area contributed by atoms with Gasteiger partial charge in [-0.05, 0) is 25.1 Å². The van der Waals surface area contributed by atoms with Crippen LogP contribution in [-0.4, -0.2) is 29.6 Å². The van der Waals surface area contributed by atoms with E-state index in [9.17, 15) is 9.59 Å². The largest absolute Gasteiger partial charge is 0.501 e. The van der Waals surface area contributed by atoms with E-state index >= 15 is 0 Å². The summed E-state index contributed by atoms with van der Waals surface area (Å²) in [7, 11) is 1.47. The smallest absolute Gasteiger partial charge is 0.273 e. The van der Waals surface area contributed by atoms with E-state index in [2.05, 4.69) is 15.6 Å². The molecule has 1 heterocycles. The molecule has 0 atom stereocenters. The molecule has 138 valence electrons. The van der Waals surface area contributed by atoms with Crippen molar-refractivity contribution < 1.29 is 14.3 Å². The molecule has 8 heteroatoms. The van der Waals surface area contributed by atoms with Gasteiger partial charge in [-0.25, -0.2) is 0 Å². The van der Waals surface area contributed by atoms with Crippen LogP contribution in [0.3, 0.4) is 0 Å². The minimum atomic E-state index is -0.593. The monoisotopic (exact) mass is 376 g/mol. The van der Waals surface area contributed by atoms with Gasteiger partial charge in [-0.2, -0.15) is 0 Å². The first-order valence-electron chi connectivity index (χ1n) is 8.04. The van der Waals surface area contributed by atoms with E-state index in [-0.39, 0.29) is 11.6 Å². The van der Waals surface area contributed by atoms with Crippen molar-refractivity contribution in [2.75, 3.05) is 12.4 Å². The molecule has 0 unspecified atom stereocenters. The predicted octanol–water partition coefficient (Wildman–Crippen LogP) is 3.36. The molecule has 0 aliphatic heterocycles. The Kier molecular flexibility index (Phi) is 6.41. The van der Waals surface area contributed by atoms with Crippen LogP contribution in [-0.2, 0) is 20.9 Å². The Morgan fingerprint density at radius 3 is 2.73 bits per heavy atom. The molecule has 7 nitrogen and oxygen atoms in total. The molecule has 0 bridgehead atoms. The summed E-state index contributed by atoms with van der Waals surface area (Å²) in [4.78, 5) is 26.7. The van der Waals surface area contributed by atoms with E-state index in [0.717, 1.165) is 16.6 Å². The molecule has 26 heavy (non-hydrogen) atoms. The summed E-state index contributed by atoms with van der Waals surface area (Å²) < 4.78 is 4.93. The number of allylic oxidation sites excluding steroid dienone is 1. The summed E-state index contributed by atoms with van der Waals surface area (Å²) in [5, 5.41) is 14.4. The van der Waals surface area contributed by atoms with Gasteiger partial charge < -0.3 is 20.4 Å². The number of ether oxygens (including phenoxy) is 1. The van der Waals surface area contributed by atoms with Crippen molar-refractivity contribution in [1.82, 2.24) is 10.3 Å². The maximum atomic E-state index is 12.1. The normalized spacial score (nSPS) is 11.3. The lowest BCUT2D eigenvalue weighted by Crippen LogP contribution is -2.21. The number of aromatic nitrogens is 1. The lowest BCUT2D eigenvalue weighted by atomic mass is 10.2. The van der Waals surface area contributed by atoms with Crippen LogP contribution in [0.4, 0.5) is 5.69 Å². The minimum Gasteiger partial charge on any atom is -0.501 e. The Morgan fingerprint density at radius 1 is 1.35 bits per heavy atom. The molecule has 4 N–H and O–H groups in total. The van der Waals surface area contributed by atoms with Crippen LogP contribution in [0.2, 0.25) is 5.02 Å². The van der Waals surface area contributed by atoms with Crippen LogP contribution in [0.15, 0.2) is 30.0 Å². The van der Waals surface area contributed by atoms with Gasteiger partial charge in [-0.1, -0.05) is 18.5 Å². The topological polar surface area (TPSA) is 107 Å². The summed E-state index contributed by atoms with van der Waals surface area (Å²) in [6.45, 7) is 3.82. The first-order chi connectivity index (χ1) is 12.3. The summed E-state index contributed by atoms with van der Waals surface area (Å²) in [5.74, 6) is -0.174. The highest BCUT2D eigenvalue weighted by Crippen LogP contribution is 2.28. The van der Waals surface area contributed by atoms with Gasteiger partial charge in [0.05, 0.1) is 30.1 Å². The number of halogens is 1. The molecule has 0 spiro atoms. The zero-order valence-electron chi connectivity index (χ0n) is 14.8. The van der Waals surface area contributed by atoms with E-state index in [4.69, 9.17) is 21.7 Å². The number of rotatable bonds is 7. The molecule has 2 rings (SSSR count). The highest BCUT2D eigenvalue weighted by Gasteiger charge is 2.12. The molecule has 0 fully saturated rings. The first kappa shape index (κ1) is 19.5. The van der Waals surface area contributed by atoms with Gasteiger partial charge in [0.1, 0.15) is 5.71 Å². The van der Waals surface area contributed by atoms with Crippen molar-refractivity contribution in [2.24, 2.45) is 0 Å². The summed E-state index contributed by atoms with van der Waals surface area (Å²) >= 11 is 6.24. The summed E-state index contributed by atoms with van der Waals surface area (Å²) in [6, 6.07) is 5.30. The van der Waals surface area contributed by atoms with Crippen LogP contribution in [0.25, 0.3) is 10.9 Å². The summed E-state index contributed by atoms with van der Waals surface area (Å²) in [5.41, 5.74) is 1.74. The number of H-pyrrole nitrogens is 1. The maximum Gasteiger partial charge on any atom is 0.273 e. The Balaban J connectivity index is 2.18. The Hall–Kier alpha value is -2.80. The van der Waals surface area contributed by atoms with Gasteiger partial charge in [0.25, 0.3) is 5.91 Å². The maximum absolute atomic E-state index is 12.1. The van der Waals surface area contributed by atoms with Gasteiger partial charge in [0.2, 0.25) is 5.91 Å². The van der Waals surface area contributed by atoms with Crippen molar-refractivity contribution in [3.05, 3.63) is 40.8 Å². The van der Waals surface area contributed by atoms with Crippen molar-refractivity contribution in [1.29, 1.82) is 5.41 Å². The molecule has 0 saturated heterocycles. The fraction of sp³-hybridized carbons (Fsp3) is 0.278. The number of nitrogens with one attached hydrogen (secondary N) is 4. The Labute approximate surface area is 156 Å². The van der Waals surface area contributed by atoms with Gasteiger partial charge in [-0.3, -0.25) is 15.0 Å². The zero-order chi connectivity index (χ0) is 19.3. The van der Waals surface area contributed by atoms with E-state index in [0.29, 0.717) is 29.4 Å². The number of methoxy groups -OCH3 is 1. The highest BCUT2D eigenvalue weighted by molar-refractivity contribution is 6.47. The second-order valence-corrected chi connectivity index (χ2v) is 6.08. The molecule has 0 aliphatic carbocycles. The van der Waals surface area contributed by atoms with Crippen LogP contribution < -0.4 is 10.6 Å². The van der Waals surface area contributed by atoms with Crippen LogP contribution in [0.5, 0.6) is 0 Å². The SMILES string of the molecule is CCC(=O)NCc1cc2cc(Cl)c(NC(=O)C(=N)/C=C(/C)OC)cc2[nH]1. The molecule has 1 aromatic heterocycles. The fourth-order valence-electron chi connectivity index (χ4n) is 2.24. The predicted molar refractivity (Wildman–Crippen MR) is 103 cm³/mol. The fourth-order valence-corrected chi connectivity index (χ4v) is 2.46. The quantitative estimate of drug-likeness (QED) is 0.439. The minimum absolute atomic E-state index is 0.0347. The highest BCUT2D eigenvalue weighted by atomic mass is 35.5. The van der Waals surface area contributed by atoms with Crippen molar-refractivity contribution in [3.63, 3.8) is 0 Å². The first-order valence-corrected chi connectivity index (χ1v) is 8.41. The van der Waals surface area contributed by atoms with Crippen molar-refractivity contribution >= 4 is 45.7 Å². The lowest BCUT2D eigenvalue weighted by Gasteiger charge is -2.07. The van der Waals surface area contributed by atoms with Crippen molar-refractivity contribution in [2.45, 2.75) is 26.8 Å². The number of hydrogen-bond acceptors (Lipinski definition) is 4. The Morgan fingerprint density at radius 2 is 2.08 bits per heavy atom. The van der Waals surface area contributed by atoms with Gasteiger partial charge in [0, 0.05) is 29.1 Å². The van der Waals surface area contributed by atoms with E-state index < -0.39 is 5.91 Å². The molecular formula is C18H21ClN4O3. The van der Waals surface area contributed by atoms with Gasteiger partial charge in [-0.15, -0.1) is 0 Å². The average Bonchev–Trinajstić information content (AvgIpc) is 3.01. The third-order valence-electron chi connectivity index (χ3n) is 3.72. The molecule has 0 radical (unpaired) electrons. The summed E-state index contributed by atoms with van der Waals surface area (Å²) in [6.07, 6.45) is 1.75. The molecular weight excluding hydrogens is 356 g/mol. The lowest BCUT2D eigenvalue weighted by molar-refractivity contribution is -0.121. The average molecular weight is 377 g/mol. The molecule has 0 saturated carbocycles. The van der Waals surface area contributed by atoms with Crippen LogP contribution >= 0.6 is 11.6 Å². The van der Waals surface area contributed by atoms with Gasteiger partial charge >= 0.3 is 0 Å². The number of hydrogen-bond donors (Lipinski definition) is 4. The Bertz CT molecular complexity index is 886.